The monoisotopic (exact) mass is 511 g/mol. The molecule has 1 unspecified atom stereocenters. The number of ether oxygens (including phenoxy) is 2. The van der Waals surface area contributed by atoms with Crippen LogP contribution in [0.25, 0.3) is 0 Å². The number of halogens is 1. The fourth-order valence-electron chi connectivity index (χ4n) is 6.84. The number of methoxy groups -OCH3 is 1. The van der Waals surface area contributed by atoms with Crippen molar-refractivity contribution in [3.8, 4) is 0 Å². The predicted octanol–water partition coefficient (Wildman–Crippen LogP) is 7.46. The van der Waals surface area contributed by atoms with Crippen LogP contribution in [0, 0.1) is 16.7 Å². The molecule has 5 heteroatoms. The second kappa shape index (κ2) is 10.5. The van der Waals surface area contributed by atoms with Crippen molar-refractivity contribution in [1.82, 2.24) is 4.90 Å². The van der Waals surface area contributed by atoms with Crippen LogP contribution in [0.4, 0.5) is 0 Å². The first-order valence-electron chi connectivity index (χ1n) is 13.2. The number of fused-ring (bicyclic) bond motifs is 2. The third-order valence-electron chi connectivity index (χ3n) is 8.83. The minimum absolute atomic E-state index is 0.0276. The zero-order valence-electron chi connectivity index (χ0n) is 22.7. The molecule has 0 radical (unpaired) electrons. The molecule has 0 saturated heterocycles. The van der Waals surface area contributed by atoms with E-state index in [-0.39, 0.29) is 35.4 Å². The summed E-state index contributed by atoms with van der Waals surface area (Å²) in [4.78, 5) is 15.7. The maximum atomic E-state index is 13.2. The zero-order valence-corrected chi connectivity index (χ0v) is 23.5. The molecule has 2 aliphatic rings. The van der Waals surface area contributed by atoms with Crippen LogP contribution in [0.3, 0.4) is 0 Å². The molecule has 2 bridgehead atoms. The number of carbonyl (C=O) groups excluding carboxylic acids is 1. The molecule has 0 spiro atoms. The van der Waals surface area contributed by atoms with Crippen molar-refractivity contribution in [3.05, 3.63) is 70.7 Å². The van der Waals surface area contributed by atoms with E-state index in [0.717, 1.165) is 31.5 Å². The van der Waals surface area contributed by atoms with Crippen LogP contribution < -0.4 is 0 Å². The lowest BCUT2D eigenvalue weighted by molar-refractivity contribution is -0.157. The topological polar surface area (TPSA) is 38.8 Å². The van der Waals surface area contributed by atoms with Crippen molar-refractivity contribution in [2.24, 2.45) is 16.7 Å². The molecule has 4 atom stereocenters. The Morgan fingerprint density at radius 3 is 2.36 bits per heavy atom. The van der Waals surface area contributed by atoms with Gasteiger partial charge in [-0.3, -0.25) is 9.69 Å². The average molecular weight is 512 g/mol. The van der Waals surface area contributed by atoms with Crippen LogP contribution in [0.1, 0.15) is 77.5 Å². The minimum atomic E-state index is -0.530. The normalized spacial score (nSPS) is 25.8. The molecule has 2 aromatic rings. The van der Waals surface area contributed by atoms with Crippen molar-refractivity contribution in [2.45, 2.75) is 84.6 Å². The fourth-order valence-corrected chi connectivity index (χ4v) is 6.97. The van der Waals surface area contributed by atoms with Crippen molar-refractivity contribution in [2.75, 3.05) is 13.7 Å². The highest BCUT2D eigenvalue weighted by Crippen LogP contribution is 2.67. The van der Waals surface area contributed by atoms with Gasteiger partial charge in [0.25, 0.3) is 0 Å². The Morgan fingerprint density at radius 1 is 1.11 bits per heavy atom. The summed E-state index contributed by atoms with van der Waals surface area (Å²) in [5, 5.41) is 0.693. The van der Waals surface area contributed by atoms with E-state index in [2.05, 4.69) is 55.1 Å². The van der Waals surface area contributed by atoms with Gasteiger partial charge in [-0.2, -0.15) is 0 Å². The number of carbonyl (C=O) groups is 1. The van der Waals surface area contributed by atoms with E-state index < -0.39 is 5.60 Å². The summed E-state index contributed by atoms with van der Waals surface area (Å²) in [6.07, 6.45) is 4.00. The van der Waals surface area contributed by atoms with E-state index in [9.17, 15) is 4.79 Å². The molecule has 36 heavy (non-hydrogen) atoms. The number of esters is 1. The molecule has 0 amide bonds. The largest absolute Gasteiger partial charge is 0.460 e. The molecule has 0 aromatic heterocycles. The third kappa shape index (κ3) is 5.51. The third-order valence-corrected chi connectivity index (χ3v) is 9.08. The highest BCUT2D eigenvalue weighted by atomic mass is 35.5. The quantitative estimate of drug-likeness (QED) is 0.327. The van der Waals surface area contributed by atoms with E-state index in [1.807, 2.05) is 46.1 Å². The molecule has 4 nitrogen and oxygen atoms in total. The Bertz CT molecular complexity index is 1030. The fraction of sp³-hybridized carbons (Fsp3) is 0.581. The van der Waals surface area contributed by atoms with E-state index >= 15 is 0 Å². The highest BCUT2D eigenvalue weighted by molar-refractivity contribution is 6.30. The maximum absolute atomic E-state index is 13.2. The summed E-state index contributed by atoms with van der Waals surface area (Å²) < 4.78 is 12.0. The second-order valence-electron chi connectivity index (χ2n) is 12.3. The number of benzene rings is 2. The molecule has 2 fully saturated rings. The van der Waals surface area contributed by atoms with Gasteiger partial charge in [-0.25, -0.2) is 0 Å². The van der Waals surface area contributed by atoms with E-state index in [1.54, 1.807) is 0 Å². The average Bonchev–Trinajstić information content (AvgIpc) is 3.18. The molecule has 2 aliphatic carbocycles. The number of hydrogen-bond acceptors (Lipinski definition) is 4. The Balaban J connectivity index is 1.75. The summed E-state index contributed by atoms with van der Waals surface area (Å²) in [6.45, 7) is 12.2. The predicted molar refractivity (Wildman–Crippen MR) is 146 cm³/mol. The number of rotatable bonds is 9. The molecule has 0 aliphatic heterocycles. The first-order chi connectivity index (χ1) is 16.9. The van der Waals surface area contributed by atoms with E-state index in [0.29, 0.717) is 10.9 Å². The van der Waals surface area contributed by atoms with Gasteiger partial charge in [0, 0.05) is 36.7 Å². The standard InChI is InChI=1S/C31H42ClNO3/c1-29(2,3)36-28(34)19-26(23-12-14-25(32)15-13-23)33(20-22-10-8-7-9-11-22)21-31-17-16-24(30(31,4)5)18-27(31)35-6/h7-15,24,26-27H,16-21H2,1-6H3/t24-,26?,27-,31-/m1/s1. The van der Waals surface area contributed by atoms with Gasteiger partial charge in [-0.05, 0) is 74.6 Å². The van der Waals surface area contributed by atoms with Crippen molar-refractivity contribution >= 4 is 17.6 Å². The van der Waals surface area contributed by atoms with Gasteiger partial charge >= 0.3 is 5.97 Å². The van der Waals surface area contributed by atoms with Crippen molar-refractivity contribution < 1.29 is 14.3 Å². The van der Waals surface area contributed by atoms with Crippen molar-refractivity contribution in [3.63, 3.8) is 0 Å². The molecule has 196 valence electrons. The van der Waals surface area contributed by atoms with Crippen molar-refractivity contribution in [1.29, 1.82) is 0 Å². The zero-order chi connectivity index (χ0) is 26.1. The van der Waals surface area contributed by atoms with Crippen LogP contribution in [-0.2, 0) is 20.8 Å². The molecule has 4 rings (SSSR count). The molecule has 2 aromatic carbocycles. The van der Waals surface area contributed by atoms with Crippen LogP contribution >= 0.6 is 11.6 Å². The second-order valence-corrected chi connectivity index (χ2v) is 12.8. The molecular formula is C31H42ClNO3. The molecular weight excluding hydrogens is 470 g/mol. The van der Waals surface area contributed by atoms with Gasteiger partial charge in [0.1, 0.15) is 5.60 Å². The number of hydrogen-bond donors (Lipinski definition) is 0. The Hall–Kier alpha value is -1.88. The first kappa shape index (κ1) is 27.2. The summed E-state index contributed by atoms with van der Waals surface area (Å²) >= 11 is 6.26. The summed E-state index contributed by atoms with van der Waals surface area (Å²) in [6, 6.07) is 18.4. The smallest absolute Gasteiger partial charge is 0.308 e. The maximum Gasteiger partial charge on any atom is 0.308 e. The van der Waals surface area contributed by atoms with Gasteiger partial charge < -0.3 is 9.47 Å². The lowest BCUT2D eigenvalue weighted by Gasteiger charge is -2.47. The molecule has 0 N–H and O–H groups in total. The van der Waals surface area contributed by atoms with Gasteiger partial charge in [0.15, 0.2) is 0 Å². The molecule has 0 heterocycles. The van der Waals surface area contributed by atoms with Gasteiger partial charge in [-0.1, -0.05) is 67.9 Å². The van der Waals surface area contributed by atoms with Crippen LogP contribution in [0.5, 0.6) is 0 Å². The van der Waals surface area contributed by atoms with Crippen LogP contribution in [0.15, 0.2) is 54.6 Å². The summed E-state index contributed by atoms with van der Waals surface area (Å²) in [5.41, 5.74) is 1.98. The molecule has 2 saturated carbocycles. The lowest BCUT2D eigenvalue weighted by Crippen LogP contribution is -2.49. The van der Waals surface area contributed by atoms with Gasteiger partial charge in [-0.15, -0.1) is 0 Å². The Kier molecular flexibility index (Phi) is 7.90. The highest BCUT2D eigenvalue weighted by Gasteiger charge is 2.64. The lowest BCUT2D eigenvalue weighted by atomic mass is 9.67. The minimum Gasteiger partial charge on any atom is -0.460 e. The van der Waals surface area contributed by atoms with Gasteiger partial charge in [0.05, 0.1) is 12.5 Å². The Morgan fingerprint density at radius 2 is 1.78 bits per heavy atom. The van der Waals surface area contributed by atoms with Crippen LogP contribution in [-0.4, -0.2) is 36.2 Å². The number of nitrogens with zero attached hydrogens (tertiary/aromatic N) is 1. The summed E-state index contributed by atoms with van der Waals surface area (Å²) in [5.74, 6) is 0.483. The Labute approximate surface area is 222 Å². The van der Waals surface area contributed by atoms with Crippen LogP contribution in [0.2, 0.25) is 5.02 Å². The van der Waals surface area contributed by atoms with E-state index in [1.165, 1.54) is 12.0 Å². The SMILES string of the molecule is CO[C@@H]1C[C@H]2CC[C@]1(CN(Cc1ccccc1)C(CC(=O)OC(C)(C)C)c1ccc(Cl)cc1)C2(C)C. The first-order valence-corrected chi connectivity index (χ1v) is 13.6. The summed E-state index contributed by atoms with van der Waals surface area (Å²) in [7, 11) is 1.86. The van der Waals surface area contributed by atoms with Gasteiger partial charge in [0.2, 0.25) is 0 Å². The van der Waals surface area contributed by atoms with E-state index in [4.69, 9.17) is 21.1 Å².